The van der Waals surface area contributed by atoms with Gasteiger partial charge in [-0.3, -0.25) is 15.5 Å². The fourth-order valence-electron chi connectivity index (χ4n) is 2.22. The van der Waals surface area contributed by atoms with Crippen molar-refractivity contribution in [2.24, 2.45) is 10.3 Å². The molecule has 0 aliphatic carbocycles. The van der Waals surface area contributed by atoms with Crippen LogP contribution in [0.1, 0.15) is 0 Å². The Balaban J connectivity index is 1.77. The molecule has 0 heterocycles. The van der Waals surface area contributed by atoms with E-state index in [2.05, 4.69) is 15.8 Å². The predicted octanol–water partition coefficient (Wildman–Crippen LogP) is 5.37. The minimum atomic E-state index is -0.443. The number of nitro benzene ring substituents is 1. The molecule has 0 atom stereocenters. The van der Waals surface area contributed by atoms with Gasteiger partial charge in [-0.05, 0) is 23.8 Å². The summed E-state index contributed by atoms with van der Waals surface area (Å²) in [5.41, 5.74) is 6.21. The normalized spacial score (nSPS) is 10.7. The molecule has 0 aromatic heterocycles. The average molecular weight is 318 g/mol. The lowest BCUT2D eigenvalue weighted by Gasteiger charge is -2.04. The molecular weight excluding hydrogens is 304 g/mol. The van der Waals surface area contributed by atoms with Gasteiger partial charge in [0.25, 0.3) is 5.69 Å². The molecule has 6 nitrogen and oxygen atoms in total. The maximum absolute atomic E-state index is 10.6. The van der Waals surface area contributed by atoms with Gasteiger partial charge in [-0.2, -0.15) is 0 Å². The summed E-state index contributed by atoms with van der Waals surface area (Å²) < 4.78 is 0. The monoisotopic (exact) mass is 318 g/mol. The van der Waals surface area contributed by atoms with Crippen molar-refractivity contribution < 1.29 is 4.92 Å². The van der Waals surface area contributed by atoms with Gasteiger partial charge in [0.2, 0.25) is 0 Å². The Labute approximate surface area is 138 Å². The van der Waals surface area contributed by atoms with Crippen molar-refractivity contribution in [1.29, 1.82) is 0 Å². The Hall–Kier alpha value is -3.54. The van der Waals surface area contributed by atoms with Crippen LogP contribution in [0, 0.1) is 10.1 Å². The average Bonchev–Trinajstić information content (AvgIpc) is 2.63. The summed E-state index contributed by atoms with van der Waals surface area (Å²) in [7, 11) is 0. The molecular formula is C18H14N4O2. The van der Waals surface area contributed by atoms with Crippen molar-refractivity contribution in [2.75, 3.05) is 5.43 Å². The Bertz CT molecular complexity index is 862. The number of benzene rings is 3. The second kappa shape index (κ2) is 7.15. The summed E-state index contributed by atoms with van der Waals surface area (Å²) in [4.78, 5) is 10.2. The third kappa shape index (κ3) is 3.61. The van der Waals surface area contributed by atoms with Gasteiger partial charge in [-0.1, -0.05) is 53.8 Å². The van der Waals surface area contributed by atoms with E-state index in [1.54, 1.807) is 12.1 Å². The minimum Gasteiger partial charge on any atom is -0.260 e. The van der Waals surface area contributed by atoms with E-state index in [4.69, 9.17) is 0 Å². The van der Waals surface area contributed by atoms with Crippen LogP contribution in [0.15, 0.2) is 89.2 Å². The van der Waals surface area contributed by atoms with Crippen LogP contribution in [-0.4, -0.2) is 4.92 Å². The summed E-state index contributed by atoms with van der Waals surface area (Å²) in [6.07, 6.45) is 0. The number of anilines is 1. The number of nitro groups is 1. The lowest BCUT2D eigenvalue weighted by Crippen LogP contribution is -1.89. The lowest BCUT2D eigenvalue weighted by molar-refractivity contribution is -0.384. The molecule has 0 fully saturated rings. The van der Waals surface area contributed by atoms with E-state index in [1.165, 1.54) is 12.1 Å². The third-order valence-corrected chi connectivity index (χ3v) is 3.40. The first-order valence-electron chi connectivity index (χ1n) is 7.30. The Kier molecular flexibility index (Phi) is 4.57. The van der Waals surface area contributed by atoms with Crippen LogP contribution in [0.5, 0.6) is 0 Å². The highest BCUT2D eigenvalue weighted by Gasteiger charge is 2.04. The van der Waals surface area contributed by atoms with Crippen molar-refractivity contribution in [2.45, 2.75) is 0 Å². The lowest BCUT2D eigenvalue weighted by atomic mass is 10.0. The van der Waals surface area contributed by atoms with Crippen molar-refractivity contribution in [3.63, 3.8) is 0 Å². The summed E-state index contributed by atoms with van der Waals surface area (Å²) in [5, 5.41) is 18.8. The second-order valence-corrected chi connectivity index (χ2v) is 5.00. The van der Waals surface area contributed by atoms with E-state index in [0.29, 0.717) is 5.69 Å². The van der Waals surface area contributed by atoms with Crippen molar-refractivity contribution in [3.05, 3.63) is 89.0 Å². The van der Waals surface area contributed by atoms with Crippen molar-refractivity contribution >= 4 is 17.1 Å². The fourth-order valence-corrected chi connectivity index (χ4v) is 2.22. The molecule has 0 unspecified atom stereocenters. The maximum Gasteiger partial charge on any atom is 0.269 e. The standard InChI is InChI=1S/C18H14N4O2/c23-22(24)16-12-10-15(11-13-16)19-21-20-18-9-5-4-8-17(18)14-6-2-1-3-7-14/h1-13H,(H,19,20). The molecule has 0 amide bonds. The van der Waals surface area contributed by atoms with Crippen LogP contribution in [0.4, 0.5) is 17.1 Å². The Morgan fingerprint density at radius 3 is 2.21 bits per heavy atom. The molecule has 3 aromatic carbocycles. The summed E-state index contributed by atoms with van der Waals surface area (Å²) >= 11 is 0. The van der Waals surface area contributed by atoms with Crippen LogP contribution in [0.2, 0.25) is 0 Å². The van der Waals surface area contributed by atoms with Gasteiger partial charge in [0.05, 0.1) is 16.3 Å². The van der Waals surface area contributed by atoms with Crippen LogP contribution in [0.25, 0.3) is 11.1 Å². The number of hydrogen-bond donors (Lipinski definition) is 1. The Morgan fingerprint density at radius 1 is 0.833 bits per heavy atom. The first kappa shape index (κ1) is 15.4. The van der Waals surface area contributed by atoms with E-state index >= 15 is 0 Å². The molecule has 3 rings (SSSR count). The van der Waals surface area contributed by atoms with Crippen LogP contribution < -0.4 is 5.43 Å². The van der Waals surface area contributed by atoms with Gasteiger partial charge in [0.1, 0.15) is 0 Å². The second-order valence-electron chi connectivity index (χ2n) is 5.00. The highest BCUT2D eigenvalue weighted by Crippen LogP contribution is 2.30. The minimum absolute atomic E-state index is 0.0342. The van der Waals surface area contributed by atoms with Crippen molar-refractivity contribution in [3.8, 4) is 11.1 Å². The zero-order valence-electron chi connectivity index (χ0n) is 12.7. The van der Waals surface area contributed by atoms with Crippen LogP contribution in [-0.2, 0) is 0 Å². The van der Waals surface area contributed by atoms with Gasteiger partial charge >= 0.3 is 0 Å². The highest BCUT2D eigenvalue weighted by molar-refractivity contribution is 5.75. The number of rotatable bonds is 5. The van der Waals surface area contributed by atoms with Crippen LogP contribution in [0.3, 0.4) is 0 Å². The summed E-state index contributed by atoms with van der Waals surface area (Å²) in [6, 6.07) is 23.6. The van der Waals surface area contributed by atoms with E-state index in [1.807, 2.05) is 54.6 Å². The van der Waals surface area contributed by atoms with E-state index in [-0.39, 0.29) is 5.69 Å². The maximum atomic E-state index is 10.6. The molecule has 0 aliphatic rings. The first-order valence-corrected chi connectivity index (χ1v) is 7.30. The van der Waals surface area contributed by atoms with Gasteiger partial charge in [0, 0.05) is 17.7 Å². The third-order valence-electron chi connectivity index (χ3n) is 3.40. The molecule has 0 aliphatic heterocycles. The zero-order valence-corrected chi connectivity index (χ0v) is 12.7. The zero-order chi connectivity index (χ0) is 16.8. The number of nitrogens with one attached hydrogen (secondary N) is 1. The van der Waals surface area contributed by atoms with Gasteiger partial charge in [-0.25, -0.2) is 0 Å². The molecule has 118 valence electrons. The molecule has 6 heteroatoms. The van der Waals surface area contributed by atoms with Crippen LogP contribution >= 0.6 is 0 Å². The SMILES string of the molecule is O=[N+]([O-])c1ccc(NN=Nc2ccccc2-c2ccccc2)cc1. The number of hydrogen-bond acceptors (Lipinski definition) is 4. The topological polar surface area (TPSA) is 79.9 Å². The van der Waals surface area contributed by atoms with Gasteiger partial charge in [0.15, 0.2) is 0 Å². The van der Waals surface area contributed by atoms with Gasteiger partial charge in [-0.15, -0.1) is 5.11 Å². The molecule has 24 heavy (non-hydrogen) atoms. The fraction of sp³-hybridized carbons (Fsp3) is 0. The molecule has 0 spiro atoms. The molecule has 3 aromatic rings. The predicted molar refractivity (Wildman–Crippen MR) is 93.1 cm³/mol. The number of non-ortho nitro benzene ring substituents is 1. The Morgan fingerprint density at radius 2 is 1.50 bits per heavy atom. The van der Waals surface area contributed by atoms with Gasteiger partial charge < -0.3 is 0 Å². The molecule has 0 saturated heterocycles. The number of nitrogens with zero attached hydrogens (tertiary/aromatic N) is 3. The summed E-state index contributed by atoms with van der Waals surface area (Å²) in [5.74, 6) is 0. The molecule has 0 saturated carbocycles. The molecule has 0 radical (unpaired) electrons. The van der Waals surface area contributed by atoms with Crippen molar-refractivity contribution in [1.82, 2.24) is 0 Å². The summed E-state index contributed by atoms with van der Waals surface area (Å²) in [6.45, 7) is 0. The molecule has 0 bridgehead atoms. The highest BCUT2D eigenvalue weighted by atomic mass is 16.6. The largest absolute Gasteiger partial charge is 0.269 e. The van der Waals surface area contributed by atoms with E-state index in [9.17, 15) is 10.1 Å². The van der Waals surface area contributed by atoms with E-state index < -0.39 is 4.92 Å². The first-order chi connectivity index (χ1) is 11.7. The molecule has 1 N–H and O–H groups in total. The quantitative estimate of drug-likeness (QED) is 0.390. The van der Waals surface area contributed by atoms with E-state index in [0.717, 1.165) is 16.8 Å². The smallest absolute Gasteiger partial charge is 0.260 e.